The van der Waals surface area contributed by atoms with E-state index in [-0.39, 0.29) is 30.3 Å². The highest BCUT2D eigenvalue weighted by atomic mass is 16.4. The summed E-state index contributed by atoms with van der Waals surface area (Å²) in [6, 6.07) is 5.52. The van der Waals surface area contributed by atoms with Gasteiger partial charge in [0.25, 0.3) is 11.5 Å². The van der Waals surface area contributed by atoms with Gasteiger partial charge in [0.15, 0.2) is 0 Å². The second kappa shape index (κ2) is 9.94. The molecule has 1 aliphatic heterocycles. The molecule has 2 atom stereocenters. The average Bonchev–Trinajstić information content (AvgIpc) is 2.75. The summed E-state index contributed by atoms with van der Waals surface area (Å²) in [5.74, 6) is -2.13. The van der Waals surface area contributed by atoms with Crippen molar-refractivity contribution in [3.8, 4) is 0 Å². The van der Waals surface area contributed by atoms with Crippen molar-refractivity contribution in [3.05, 3.63) is 51.3 Å². The molecule has 1 aliphatic rings. The van der Waals surface area contributed by atoms with E-state index in [4.69, 9.17) is 15.9 Å². The zero-order chi connectivity index (χ0) is 23.3. The van der Waals surface area contributed by atoms with Gasteiger partial charge in [-0.1, -0.05) is 12.1 Å². The highest BCUT2D eigenvalue weighted by molar-refractivity contribution is 5.96. The van der Waals surface area contributed by atoms with Gasteiger partial charge in [0.2, 0.25) is 5.95 Å². The van der Waals surface area contributed by atoms with Crippen molar-refractivity contribution in [2.45, 2.75) is 38.1 Å². The topological polar surface area (TPSA) is 187 Å². The number of carboxylic acid groups (broad SMARTS) is 2. The Bertz CT molecular complexity index is 1070. The van der Waals surface area contributed by atoms with E-state index in [1.165, 1.54) is 0 Å². The number of carbonyl (C=O) groups is 3. The number of benzene rings is 1. The molecule has 0 saturated heterocycles. The van der Waals surface area contributed by atoms with Gasteiger partial charge in [-0.2, -0.15) is 4.98 Å². The molecule has 0 radical (unpaired) electrons. The number of nitrogen functional groups attached to an aromatic ring is 1. The molecule has 7 N–H and O–H groups in total. The third kappa shape index (κ3) is 5.84. The normalized spacial score (nSPS) is 15.8. The maximum atomic E-state index is 12.3. The van der Waals surface area contributed by atoms with Crippen LogP contribution in [-0.4, -0.2) is 50.6 Å². The first-order valence-electron chi connectivity index (χ1n) is 10.2. The highest BCUT2D eigenvalue weighted by Crippen LogP contribution is 2.23. The van der Waals surface area contributed by atoms with Gasteiger partial charge in [-0.15, -0.1) is 0 Å². The Morgan fingerprint density at radius 3 is 2.59 bits per heavy atom. The summed E-state index contributed by atoms with van der Waals surface area (Å²) in [6.07, 6.45) is 1.60. The first-order chi connectivity index (χ1) is 15.2. The Balaban J connectivity index is 1.54. The molecule has 3 rings (SSSR count). The number of nitrogens with two attached hydrogens (primary N) is 1. The molecule has 11 nitrogen and oxygen atoms in total. The minimum Gasteiger partial charge on any atom is -0.481 e. The zero-order valence-electron chi connectivity index (χ0n) is 17.3. The number of aryl methyl sites for hydroxylation is 1. The highest BCUT2D eigenvalue weighted by Gasteiger charge is 2.23. The Morgan fingerprint density at radius 1 is 1.22 bits per heavy atom. The van der Waals surface area contributed by atoms with Crippen molar-refractivity contribution in [2.75, 3.05) is 17.6 Å². The molecule has 0 bridgehead atoms. The predicted octanol–water partition coefficient (Wildman–Crippen LogP) is 0.617. The summed E-state index contributed by atoms with van der Waals surface area (Å²) in [4.78, 5) is 52.9. The molecule has 1 aromatic carbocycles. The van der Waals surface area contributed by atoms with E-state index < -0.39 is 23.9 Å². The van der Waals surface area contributed by atoms with E-state index in [2.05, 4.69) is 20.6 Å². The second-order valence-corrected chi connectivity index (χ2v) is 7.76. The van der Waals surface area contributed by atoms with Crippen LogP contribution in [0.2, 0.25) is 0 Å². The number of aromatic amines is 1. The number of rotatable bonds is 9. The fourth-order valence-corrected chi connectivity index (χ4v) is 3.62. The number of carbonyl (C=O) groups excluding carboxylic acids is 1. The van der Waals surface area contributed by atoms with E-state index in [9.17, 15) is 19.2 Å². The van der Waals surface area contributed by atoms with Gasteiger partial charge in [-0.05, 0) is 49.3 Å². The number of hydrogen-bond donors (Lipinski definition) is 6. The van der Waals surface area contributed by atoms with Crippen LogP contribution in [0.5, 0.6) is 0 Å². The van der Waals surface area contributed by atoms with Crippen LogP contribution in [-0.2, 0) is 22.4 Å². The molecule has 32 heavy (non-hydrogen) atoms. The summed E-state index contributed by atoms with van der Waals surface area (Å²) >= 11 is 0. The molecule has 170 valence electrons. The van der Waals surface area contributed by atoms with Crippen LogP contribution in [0.3, 0.4) is 0 Å². The first-order valence-corrected chi connectivity index (χ1v) is 10.2. The molecular weight excluding hydrogens is 418 g/mol. The Kier molecular flexibility index (Phi) is 7.08. The van der Waals surface area contributed by atoms with Gasteiger partial charge >= 0.3 is 11.9 Å². The van der Waals surface area contributed by atoms with Gasteiger partial charge in [0.1, 0.15) is 11.9 Å². The number of anilines is 2. The molecule has 2 heterocycles. The van der Waals surface area contributed by atoms with Crippen LogP contribution in [0.4, 0.5) is 11.8 Å². The molecule has 0 unspecified atom stereocenters. The third-order valence-corrected chi connectivity index (χ3v) is 5.39. The fourth-order valence-electron chi connectivity index (χ4n) is 3.62. The first kappa shape index (κ1) is 22.8. The number of fused-ring (bicyclic) bond motifs is 1. The molecule has 0 aliphatic carbocycles. The Morgan fingerprint density at radius 2 is 1.94 bits per heavy atom. The van der Waals surface area contributed by atoms with E-state index in [0.29, 0.717) is 29.9 Å². The number of aliphatic carboxylic acids is 2. The van der Waals surface area contributed by atoms with E-state index in [0.717, 1.165) is 18.4 Å². The lowest BCUT2D eigenvalue weighted by atomic mass is 9.91. The maximum absolute atomic E-state index is 12.3. The number of nitrogens with zero attached hydrogens (tertiary/aromatic N) is 1. The van der Waals surface area contributed by atoms with Crippen molar-refractivity contribution in [3.63, 3.8) is 0 Å². The number of carboxylic acids is 2. The number of nitrogens with one attached hydrogen (secondary N) is 3. The zero-order valence-corrected chi connectivity index (χ0v) is 17.3. The van der Waals surface area contributed by atoms with E-state index >= 15 is 0 Å². The Hall–Kier alpha value is -3.89. The number of H-pyrrole nitrogens is 1. The lowest BCUT2D eigenvalue weighted by Crippen LogP contribution is -2.41. The summed E-state index contributed by atoms with van der Waals surface area (Å²) in [5.41, 5.74) is 7.22. The van der Waals surface area contributed by atoms with Crippen LogP contribution in [0, 0.1) is 5.92 Å². The van der Waals surface area contributed by atoms with Crippen molar-refractivity contribution < 1.29 is 24.6 Å². The van der Waals surface area contributed by atoms with Crippen LogP contribution in [0.1, 0.15) is 40.7 Å². The van der Waals surface area contributed by atoms with E-state index in [1.807, 2.05) is 0 Å². The number of amides is 1. The predicted molar refractivity (Wildman–Crippen MR) is 115 cm³/mol. The maximum Gasteiger partial charge on any atom is 0.326 e. The van der Waals surface area contributed by atoms with Crippen molar-refractivity contribution in [1.29, 1.82) is 0 Å². The number of aromatic nitrogens is 2. The lowest BCUT2D eigenvalue weighted by molar-refractivity contribution is -0.140. The largest absolute Gasteiger partial charge is 0.481 e. The van der Waals surface area contributed by atoms with Crippen molar-refractivity contribution in [2.24, 2.45) is 5.92 Å². The van der Waals surface area contributed by atoms with Gasteiger partial charge in [0.05, 0.1) is 5.56 Å². The fraction of sp³-hybridized carbons (Fsp3) is 0.381. The molecular formula is C21H25N5O6. The van der Waals surface area contributed by atoms with Crippen LogP contribution < -0.4 is 21.9 Å². The quantitative estimate of drug-likeness (QED) is 0.323. The standard InChI is InChI=1S/C21H25N5O6/c22-21-25-17-14(19(30)26-21)9-12(10-23-17)2-1-11-3-5-13(6-4-11)18(29)24-15(20(31)32)7-8-16(27)28/h3-6,12,15H,1-2,7-10H2,(H,24,29)(H,27,28)(H,31,32)(H4,22,23,25,26,30)/t12-,15-/m0/s1. The summed E-state index contributed by atoms with van der Waals surface area (Å²) in [6.45, 7) is 0.677. The molecule has 1 amide bonds. The number of hydrogen-bond acceptors (Lipinski definition) is 7. The van der Waals surface area contributed by atoms with Crippen molar-refractivity contribution >= 4 is 29.6 Å². The average molecular weight is 443 g/mol. The summed E-state index contributed by atoms with van der Waals surface area (Å²) in [5, 5.41) is 23.4. The van der Waals surface area contributed by atoms with Crippen LogP contribution in [0.15, 0.2) is 29.1 Å². The van der Waals surface area contributed by atoms with Crippen LogP contribution in [0.25, 0.3) is 0 Å². The van der Waals surface area contributed by atoms with Crippen LogP contribution >= 0.6 is 0 Å². The van der Waals surface area contributed by atoms with E-state index in [1.54, 1.807) is 24.3 Å². The smallest absolute Gasteiger partial charge is 0.326 e. The van der Waals surface area contributed by atoms with Gasteiger partial charge in [0, 0.05) is 18.5 Å². The second-order valence-electron chi connectivity index (χ2n) is 7.76. The minimum absolute atomic E-state index is 0.0837. The van der Waals surface area contributed by atoms with Gasteiger partial charge in [-0.25, -0.2) is 4.79 Å². The van der Waals surface area contributed by atoms with Gasteiger partial charge < -0.3 is 26.6 Å². The molecule has 0 spiro atoms. The third-order valence-electron chi connectivity index (χ3n) is 5.39. The molecule has 0 fully saturated rings. The lowest BCUT2D eigenvalue weighted by Gasteiger charge is -2.24. The molecule has 0 saturated carbocycles. The van der Waals surface area contributed by atoms with Gasteiger partial charge in [-0.3, -0.25) is 19.4 Å². The molecule has 11 heteroatoms. The SMILES string of the molecule is Nc1nc2c(c(=O)[nH]1)C[C@H](CCc1ccc(C(=O)N[C@@H](CCC(=O)O)C(=O)O)cc1)CN2. The minimum atomic E-state index is -1.28. The summed E-state index contributed by atoms with van der Waals surface area (Å²) in [7, 11) is 0. The Labute approximate surface area is 183 Å². The van der Waals surface area contributed by atoms with Crippen molar-refractivity contribution in [1.82, 2.24) is 15.3 Å². The molecule has 2 aromatic rings. The monoisotopic (exact) mass is 443 g/mol. The summed E-state index contributed by atoms with van der Waals surface area (Å²) < 4.78 is 0. The molecule has 1 aromatic heterocycles.